The monoisotopic (exact) mass is 264 g/mol. The number of hydrogen-bond acceptors (Lipinski definition) is 3. The fraction of sp³-hybridized carbons (Fsp3) is 0.900. The SMILES string of the molecule is CCCN(C)S(=O)(=O)N1CCC(C)(C(=O)O)C1. The Hall–Kier alpha value is -0.660. The highest BCUT2D eigenvalue weighted by molar-refractivity contribution is 7.86. The summed E-state index contributed by atoms with van der Waals surface area (Å²) in [6.45, 7) is 4.27. The maximum absolute atomic E-state index is 12.1. The van der Waals surface area contributed by atoms with E-state index in [2.05, 4.69) is 0 Å². The lowest BCUT2D eigenvalue weighted by Crippen LogP contribution is -2.42. The number of rotatable bonds is 5. The number of carbonyl (C=O) groups is 1. The molecule has 0 amide bonds. The molecule has 1 aliphatic rings. The van der Waals surface area contributed by atoms with Crippen molar-refractivity contribution in [3.05, 3.63) is 0 Å². The smallest absolute Gasteiger partial charge is 0.310 e. The third kappa shape index (κ3) is 2.78. The van der Waals surface area contributed by atoms with Crippen LogP contribution in [0.1, 0.15) is 26.7 Å². The van der Waals surface area contributed by atoms with Crippen LogP contribution in [0.5, 0.6) is 0 Å². The topological polar surface area (TPSA) is 77.9 Å². The first-order valence-corrected chi connectivity index (χ1v) is 7.08. The molecule has 0 aromatic heterocycles. The first kappa shape index (κ1) is 14.4. The zero-order chi connectivity index (χ0) is 13.3. The van der Waals surface area contributed by atoms with E-state index in [1.54, 1.807) is 6.92 Å². The van der Waals surface area contributed by atoms with E-state index in [1.165, 1.54) is 15.7 Å². The predicted molar refractivity (Wildman–Crippen MR) is 63.8 cm³/mol. The van der Waals surface area contributed by atoms with E-state index in [0.717, 1.165) is 6.42 Å². The molecular weight excluding hydrogens is 244 g/mol. The summed E-state index contributed by atoms with van der Waals surface area (Å²) in [5, 5.41) is 9.06. The van der Waals surface area contributed by atoms with Crippen LogP contribution in [0, 0.1) is 5.41 Å². The van der Waals surface area contributed by atoms with Crippen LogP contribution < -0.4 is 0 Å². The van der Waals surface area contributed by atoms with Gasteiger partial charge in [0.25, 0.3) is 10.2 Å². The van der Waals surface area contributed by atoms with E-state index >= 15 is 0 Å². The Kier molecular flexibility index (Phi) is 4.16. The van der Waals surface area contributed by atoms with Crippen LogP contribution in [0.4, 0.5) is 0 Å². The van der Waals surface area contributed by atoms with Crippen molar-refractivity contribution in [3.63, 3.8) is 0 Å². The van der Waals surface area contributed by atoms with Crippen LogP contribution in [0.3, 0.4) is 0 Å². The van der Waals surface area contributed by atoms with Crippen molar-refractivity contribution in [3.8, 4) is 0 Å². The summed E-state index contributed by atoms with van der Waals surface area (Å²) in [7, 11) is -1.98. The van der Waals surface area contributed by atoms with Gasteiger partial charge in [0, 0.05) is 26.7 Å². The first-order valence-electron chi connectivity index (χ1n) is 5.69. The fourth-order valence-electron chi connectivity index (χ4n) is 1.92. The first-order chi connectivity index (χ1) is 7.74. The number of aliphatic carboxylic acids is 1. The van der Waals surface area contributed by atoms with Crippen molar-refractivity contribution in [2.75, 3.05) is 26.7 Å². The van der Waals surface area contributed by atoms with Gasteiger partial charge in [-0.25, -0.2) is 0 Å². The lowest BCUT2D eigenvalue weighted by atomic mass is 9.90. The van der Waals surface area contributed by atoms with Gasteiger partial charge < -0.3 is 5.11 Å². The van der Waals surface area contributed by atoms with Gasteiger partial charge in [-0.2, -0.15) is 17.0 Å². The molecule has 1 N–H and O–H groups in total. The van der Waals surface area contributed by atoms with E-state index in [0.29, 0.717) is 13.0 Å². The molecule has 0 spiro atoms. The second-order valence-corrected chi connectivity index (χ2v) is 6.81. The highest BCUT2D eigenvalue weighted by Gasteiger charge is 2.45. The molecule has 7 heteroatoms. The Bertz CT molecular complexity index is 395. The van der Waals surface area contributed by atoms with Crippen molar-refractivity contribution >= 4 is 16.2 Å². The molecule has 1 atom stereocenters. The molecule has 1 rings (SSSR count). The van der Waals surface area contributed by atoms with Crippen molar-refractivity contribution in [2.24, 2.45) is 5.41 Å². The van der Waals surface area contributed by atoms with E-state index in [9.17, 15) is 13.2 Å². The molecule has 1 heterocycles. The average Bonchev–Trinajstić information content (AvgIpc) is 2.63. The molecule has 1 saturated heterocycles. The minimum absolute atomic E-state index is 0.0543. The van der Waals surface area contributed by atoms with Crippen molar-refractivity contribution in [1.29, 1.82) is 0 Å². The van der Waals surface area contributed by atoms with Gasteiger partial charge in [0.15, 0.2) is 0 Å². The molecule has 6 nitrogen and oxygen atoms in total. The Morgan fingerprint density at radius 3 is 2.53 bits per heavy atom. The summed E-state index contributed by atoms with van der Waals surface area (Å²) >= 11 is 0. The molecule has 0 aromatic carbocycles. The van der Waals surface area contributed by atoms with Gasteiger partial charge in [-0.3, -0.25) is 4.79 Å². The van der Waals surface area contributed by atoms with Gasteiger partial charge in [0.1, 0.15) is 0 Å². The highest BCUT2D eigenvalue weighted by Crippen LogP contribution is 2.32. The third-order valence-electron chi connectivity index (χ3n) is 3.21. The number of carboxylic acids is 1. The van der Waals surface area contributed by atoms with Crippen LogP contribution in [0.25, 0.3) is 0 Å². The van der Waals surface area contributed by atoms with Gasteiger partial charge in [-0.15, -0.1) is 0 Å². The summed E-state index contributed by atoms with van der Waals surface area (Å²) in [5.41, 5.74) is -0.958. The highest BCUT2D eigenvalue weighted by atomic mass is 32.2. The van der Waals surface area contributed by atoms with Gasteiger partial charge in [0.05, 0.1) is 5.41 Å². The molecule has 0 radical (unpaired) electrons. The van der Waals surface area contributed by atoms with Crippen molar-refractivity contribution < 1.29 is 18.3 Å². The molecule has 17 heavy (non-hydrogen) atoms. The lowest BCUT2D eigenvalue weighted by Gasteiger charge is -2.25. The van der Waals surface area contributed by atoms with Crippen LogP contribution in [0.2, 0.25) is 0 Å². The maximum atomic E-state index is 12.1. The molecule has 100 valence electrons. The molecule has 0 aliphatic carbocycles. The zero-order valence-electron chi connectivity index (χ0n) is 10.5. The van der Waals surface area contributed by atoms with Crippen LogP contribution in [-0.2, 0) is 15.0 Å². The fourth-order valence-corrected chi connectivity index (χ4v) is 3.50. The van der Waals surface area contributed by atoms with E-state index in [-0.39, 0.29) is 13.1 Å². The molecule has 1 aliphatic heterocycles. The van der Waals surface area contributed by atoms with Gasteiger partial charge in [-0.05, 0) is 19.8 Å². The number of carboxylic acid groups (broad SMARTS) is 1. The van der Waals surface area contributed by atoms with Gasteiger partial charge in [0.2, 0.25) is 0 Å². The predicted octanol–water partition coefficient (Wildman–Crippen LogP) is 0.370. The minimum Gasteiger partial charge on any atom is -0.481 e. The third-order valence-corrected chi connectivity index (χ3v) is 5.15. The zero-order valence-corrected chi connectivity index (χ0v) is 11.3. The second kappa shape index (κ2) is 4.91. The van der Waals surface area contributed by atoms with Crippen LogP contribution >= 0.6 is 0 Å². The van der Waals surface area contributed by atoms with E-state index in [4.69, 9.17) is 5.11 Å². The van der Waals surface area contributed by atoms with Gasteiger partial charge in [-0.1, -0.05) is 6.92 Å². The number of hydrogen-bond donors (Lipinski definition) is 1. The normalized spacial score (nSPS) is 26.6. The summed E-state index contributed by atoms with van der Waals surface area (Å²) in [6.07, 6.45) is 1.10. The molecule has 0 bridgehead atoms. The Balaban J connectivity index is 2.81. The Morgan fingerprint density at radius 1 is 1.53 bits per heavy atom. The van der Waals surface area contributed by atoms with Crippen molar-refractivity contribution in [1.82, 2.24) is 8.61 Å². The molecule has 0 saturated carbocycles. The average molecular weight is 264 g/mol. The molecule has 1 unspecified atom stereocenters. The molecule has 0 aromatic rings. The van der Waals surface area contributed by atoms with Crippen molar-refractivity contribution in [2.45, 2.75) is 26.7 Å². The van der Waals surface area contributed by atoms with Crippen LogP contribution in [0.15, 0.2) is 0 Å². The Labute approximate surface area is 102 Å². The summed E-state index contributed by atoms with van der Waals surface area (Å²) < 4.78 is 26.7. The second-order valence-electron chi connectivity index (χ2n) is 4.78. The summed E-state index contributed by atoms with van der Waals surface area (Å²) in [5.74, 6) is -0.937. The number of nitrogens with zero attached hydrogens (tertiary/aromatic N) is 2. The van der Waals surface area contributed by atoms with E-state index < -0.39 is 21.6 Å². The summed E-state index contributed by atoms with van der Waals surface area (Å²) in [4.78, 5) is 11.1. The molecule has 1 fully saturated rings. The lowest BCUT2D eigenvalue weighted by molar-refractivity contribution is -0.146. The Morgan fingerprint density at radius 2 is 2.12 bits per heavy atom. The maximum Gasteiger partial charge on any atom is 0.310 e. The van der Waals surface area contributed by atoms with E-state index in [1.807, 2.05) is 6.92 Å². The minimum atomic E-state index is -3.50. The summed E-state index contributed by atoms with van der Waals surface area (Å²) in [6, 6.07) is 0. The molecular formula is C10H20N2O4S. The van der Waals surface area contributed by atoms with Gasteiger partial charge >= 0.3 is 5.97 Å². The standard InChI is InChI=1S/C10H20N2O4S/c1-4-6-11(3)17(15,16)12-7-5-10(2,8-12)9(13)14/h4-8H2,1-3H3,(H,13,14). The van der Waals surface area contributed by atoms with Crippen LogP contribution in [-0.4, -0.2) is 54.8 Å². The largest absolute Gasteiger partial charge is 0.481 e. The quantitative estimate of drug-likeness (QED) is 0.778.